The molecule has 0 radical (unpaired) electrons. The molecule has 6 heteroatoms. The van der Waals surface area contributed by atoms with Gasteiger partial charge in [-0.3, -0.25) is 4.79 Å². The van der Waals surface area contributed by atoms with Gasteiger partial charge in [-0.05, 0) is 49.1 Å². The van der Waals surface area contributed by atoms with Crippen LogP contribution in [0.5, 0.6) is 0 Å². The number of aromatic nitrogens is 2. The number of likely N-dealkylation sites (tertiary alicyclic amines) is 1. The lowest BCUT2D eigenvalue weighted by molar-refractivity contribution is 0.0690. The molecule has 0 spiro atoms. The monoisotopic (exact) mass is 315 g/mol. The molecule has 3 rings (SSSR count). The summed E-state index contributed by atoms with van der Waals surface area (Å²) in [6.45, 7) is 3.55. The number of nitrogens with zero attached hydrogens (tertiary/aromatic N) is 2. The van der Waals surface area contributed by atoms with Crippen LogP contribution >= 0.6 is 0 Å². The Morgan fingerprint density at radius 2 is 1.91 bits per heavy atom. The molecule has 1 amide bonds. The van der Waals surface area contributed by atoms with E-state index in [0.717, 1.165) is 12.8 Å². The largest absolute Gasteiger partial charge is 0.346 e. The number of piperidine rings is 1. The average molecular weight is 315 g/mol. The van der Waals surface area contributed by atoms with Gasteiger partial charge in [0.05, 0.1) is 5.69 Å². The summed E-state index contributed by atoms with van der Waals surface area (Å²) in [4.78, 5) is 32.5. The van der Waals surface area contributed by atoms with E-state index in [4.69, 9.17) is 0 Å². The van der Waals surface area contributed by atoms with Crippen LogP contribution in [-0.4, -0.2) is 33.9 Å². The number of carbonyl (C=O) groups is 1. The number of hydrogen-bond acceptors (Lipinski definition) is 3. The first-order valence-corrected chi connectivity index (χ1v) is 7.69. The molecule has 1 fully saturated rings. The summed E-state index contributed by atoms with van der Waals surface area (Å²) < 4.78 is 13.0. The zero-order valence-electron chi connectivity index (χ0n) is 12.9. The van der Waals surface area contributed by atoms with Gasteiger partial charge in [-0.2, -0.15) is 4.98 Å². The van der Waals surface area contributed by atoms with E-state index in [-0.39, 0.29) is 17.4 Å². The summed E-state index contributed by atoms with van der Waals surface area (Å²) >= 11 is 0. The third kappa shape index (κ3) is 3.47. The molecule has 120 valence electrons. The molecule has 1 aromatic heterocycles. The number of carbonyl (C=O) groups excluding carboxylic acids is 1. The molecule has 1 aromatic carbocycles. The first-order valence-electron chi connectivity index (χ1n) is 7.69. The minimum atomic E-state index is -0.583. The van der Waals surface area contributed by atoms with Gasteiger partial charge in [-0.1, -0.05) is 6.92 Å². The molecular weight excluding hydrogens is 297 g/mol. The number of H-pyrrole nitrogens is 1. The Balaban J connectivity index is 1.90. The number of halogens is 1. The van der Waals surface area contributed by atoms with Crippen LogP contribution in [0.15, 0.2) is 35.1 Å². The molecule has 0 bridgehead atoms. The molecule has 2 aromatic rings. The summed E-state index contributed by atoms with van der Waals surface area (Å²) in [5.74, 6) is 0.0578. The van der Waals surface area contributed by atoms with Gasteiger partial charge >= 0.3 is 5.69 Å². The van der Waals surface area contributed by atoms with Crippen LogP contribution in [0.25, 0.3) is 11.3 Å². The highest BCUT2D eigenvalue weighted by Crippen LogP contribution is 2.20. The quantitative estimate of drug-likeness (QED) is 0.925. The third-order valence-electron chi connectivity index (χ3n) is 4.19. The van der Waals surface area contributed by atoms with E-state index in [1.807, 2.05) is 0 Å². The van der Waals surface area contributed by atoms with Crippen LogP contribution in [0.2, 0.25) is 0 Å². The predicted octanol–water partition coefficient (Wildman–Crippen LogP) is 2.45. The molecular formula is C17H18FN3O2. The Morgan fingerprint density at radius 3 is 2.57 bits per heavy atom. The molecule has 23 heavy (non-hydrogen) atoms. The van der Waals surface area contributed by atoms with Gasteiger partial charge in [-0.15, -0.1) is 0 Å². The second-order valence-corrected chi connectivity index (χ2v) is 5.97. The minimum absolute atomic E-state index is 0.195. The Bertz CT molecular complexity index is 762. The number of hydrogen-bond donors (Lipinski definition) is 1. The standard InChI is InChI=1S/C17H18FN3O2/c1-11-6-8-21(9-7-11)16(22)15-10-14(19-17(23)20-15)12-2-4-13(18)5-3-12/h2-5,10-11H,6-9H2,1H3,(H,19,20,23). The van der Waals surface area contributed by atoms with Crippen molar-refractivity contribution in [2.45, 2.75) is 19.8 Å². The van der Waals surface area contributed by atoms with Gasteiger partial charge < -0.3 is 9.88 Å². The van der Waals surface area contributed by atoms with Crippen LogP contribution in [-0.2, 0) is 0 Å². The maximum atomic E-state index is 13.0. The topological polar surface area (TPSA) is 66.1 Å². The summed E-state index contributed by atoms with van der Waals surface area (Å²) in [7, 11) is 0. The first-order chi connectivity index (χ1) is 11.0. The van der Waals surface area contributed by atoms with Crippen molar-refractivity contribution in [1.29, 1.82) is 0 Å². The smallest absolute Gasteiger partial charge is 0.337 e. The van der Waals surface area contributed by atoms with E-state index in [1.54, 1.807) is 11.0 Å². The van der Waals surface area contributed by atoms with Crippen molar-refractivity contribution in [2.24, 2.45) is 5.92 Å². The van der Waals surface area contributed by atoms with Gasteiger partial charge in [0, 0.05) is 18.7 Å². The normalized spacial score (nSPS) is 15.7. The van der Waals surface area contributed by atoms with Crippen molar-refractivity contribution in [3.05, 3.63) is 52.3 Å². The maximum absolute atomic E-state index is 13.0. The van der Waals surface area contributed by atoms with Crippen LogP contribution in [0, 0.1) is 11.7 Å². The van der Waals surface area contributed by atoms with E-state index >= 15 is 0 Å². The number of amides is 1. The average Bonchev–Trinajstić information content (AvgIpc) is 2.55. The van der Waals surface area contributed by atoms with Crippen LogP contribution in [0.4, 0.5) is 4.39 Å². The molecule has 0 unspecified atom stereocenters. The fourth-order valence-electron chi connectivity index (χ4n) is 2.72. The van der Waals surface area contributed by atoms with Crippen molar-refractivity contribution in [2.75, 3.05) is 13.1 Å². The Labute approximate surface area is 133 Å². The van der Waals surface area contributed by atoms with Gasteiger partial charge in [0.1, 0.15) is 11.5 Å². The zero-order chi connectivity index (χ0) is 16.4. The molecule has 1 N–H and O–H groups in total. The van der Waals surface area contributed by atoms with Crippen molar-refractivity contribution < 1.29 is 9.18 Å². The second kappa shape index (κ2) is 6.32. The highest BCUT2D eigenvalue weighted by molar-refractivity contribution is 5.93. The Hall–Kier alpha value is -2.50. The molecule has 1 aliphatic heterocycles. The molecule has 0 atom stereocenters. The van der Waals surface area contributed by atoms with Crippen molar-refractivity contribution in [3.8, 4) is 11.3 Å². The number of benzene rings is 1. The molecule has 1 saturated heterocycles. The SMILES string of the molecule is CC1CCN(C(=O)c2cc(-c3ccc(F)cc3)nc(=O)[nH]2)CC1. The predicted molar refractivity (Wildman–Crippen MR) is 84.6 cm³/mol. The third-order valence-corrected chi connectivity index (χ3v) is 4.19. The van der Waals surface area contributed by atoms with Crippen molar-refractivity contribution in [3.63, 3.8) is 0 Å². The number of aromatic amines is 1. The second-order valence-electron chi connectivity index (χ2n) is 5.97. The number of rotatable bonds is 2. The summed E-state index contributed by atoms with van der Waals surface area (Å²) in [6, 6.07) is 7.22. The summed E-state index contributed by atoms with van der Waals surface area (Å²) in [5.41, 5.74) is 0.598. The van der Waals surface area contributed by atoms with Crippen LogP contribution in [0.3, 0.4) is 0 Å². The molecule has 5 nitrogen and oxygen atoms in total. The maximum Gasteiger partial charge on any atom is 0.346 e. The summed E-state index contributed by atoms with van der Waals surface area (Å²) in [6.07, 6.45) is 1.93. The van der Waals surface area contributed by atoms with E-state index in [2.05, 4.69) is 16.9 Å². The van der Waals surface area contributed by atoms with Crippen LogP contribution < -0.4 is 5.69 Å². The van der Waals surface area contributed by atoms with Gasteiger partial charge in [0.15, 0.2) is 0 Å². The zero-order valence-corrected chi connectivity index (χ0v) is 12.9. The summed E-state index contributed by atoms with van der Waals surface area (Å²) in [5, 5.41) is 0. The lowest BCUT2D eigenvalue weighted by atomic mass is 9.99. The molecule has 0 saturated carbocycles. The minimum Gasteiger partial charge on any atom is -0.337 e. The van der Waals surface area contributed by atoms with Gasteiger partial charge in [0.25, 0.3) is 5.91 Å². The molecule has 1 aliphatic rings. The van der Waals surface area contributed by atoms with E-state index < -0.39 is 5.69 Å². The fourth-order valence-corrected chi connectivity index (χ4v) is 2.72. The van der Waals surface area contributed by atoms with E-state index in [0.29, 0.717) is 30.3 Å². The number of nitrogens with one attached hydrogen (secondary N) is 1. The lowest BCUT2D eigenvalue weighted by Crippen LogP contribution is -2.39. The van der Waals surface area contributed by atoms with Crippen molar-refractivity contribution in [1.82, 2.24) is 14.9 Å². The lowest BCUT2D eigenvalue weighted by Gasteiger charge is -2.30. The van der Waals surface area contributed by atoms with Crippen molar-refractivity contribution >= 4 is 5.91 Å². The molecule has 2 heterocycles. The highest BCUT2D eigenvalue weighted by atomic mass is 19.1. The van der Waals surface area contributed by atoms with Gasteiger partial charge in [-0.25, -0.2) is 9.18 Å². The fraction of sp³-hybridized carbons (Fsp3) is 0.353. The Morgan fingerprint density at radius 1 is 1.26 bits per heavy atom. The molecule has 0 aliphatic carbocycles. The van der Waals surface area contributed by atoms with E-state index in [1.165, 1.54) is 24.3 Å². The van der Waals surface area contributed by atoms with E-state index in [9.17, 15) is 14.0 Å². The van der Waals surface area contributed by atoms with Crippen LogP contribution in [0.1, 0.15) is 30.3 Å². The Kier molecular flexibility index (Phi) is 4.23. The first kappa shape index (κ1) is 15.4. The van der Waals surface area contributed by atoms with Gasteiger partial charge in [0.2, 0.25) is 0 Å². The highest BCUT2D eigenvalue weighted by Gasteiger charge is 2.22.